The molecule has 0 aromatic heterocycles. The van der Waals surface area contributed by atoms with Gasteiger partial charge >= 0.3 is 0 Å². The summed E-state index contributed by atoms with van der Waals surface area (Å²) in [5.74, 6) is 1.84. The van der Waals surface area contributed by atoms with E-state index in [9.17, 15) is 0 Å². The predicted molar refractivity (Wildman–Crippen MR) is 102 cm³/mol. The molecule has 24 heavy (non-hydrogen) atoms. The van der Waals surface area contributed by atoms with Gasteiger partial charge in [0.2, 0.25) is 0 Å². The van der Waals surface area contributed by atoms with Crippen LogP contribution >= 0.6 is 0 Å². The van der Waals surface area contributed by atoms with E-state index in [0.717, 1.165) is 24.5 Å². The Balaban J connectivity index is 1.70. The highest BCUT2D eigenvalue weighted by atomic mass is 16.5. The zero-order valence-electron chi connectivity index (χ0n) is 15.1. The van der Waals surface area contributed by atoms with Crippen molar-refractivity contribution in [3.8, 4) is 22.6 Å². The van der Waals surface area contributed by atoms with Crippen LogP contribution in [0.2, 0.25) is 0 Å². The van der Waals surface area contributed by atoms with Crippen molar-refractivity contribution in [3.05, 3.63) is 48.5 Å². The molecule has 0 aliphatic rings. The smallest absolute Gasteiger partial charge is 0.119 e. The van der Waals surface area contributed by atoms with E-state index in [4.69, 9.17) is 9.47 Å². The second kappa shape index (κ2) is 10.7. The Morgan fingerprint density at radius 3 is 1.67 bits per heavy atom. The van der Waals surface area contributed by atoms with Crippen LogP contribution in [-0.2, 0) is 0 Å². The van der Waals surface area contributed by atoms with Crippen LogP contribution < -0.4 is 9.47 Å². The summed E-state index contributed by atoms with van der Waals surface area (Å²) in [6.07, 6.45) is 9.18. The lowest BCUT2D eigenvalue weighted by molar-refractivity contribution is 0.304. The molecule has 0 heterocycles. The topological polar surface area (TPSA) is 18.5 Å². The summed E-state index contributed by atoms with van der Waals surface area (Å²) in [6.45, 7) is 3.07. The Kier molecular flexibility index (Phi) is 8.23. The molecule has 2 rings (SSSR count). The Hall–Kier alpha value is -1.96. The van der Waals surface area contributed by atoms with Gasteiger partial charge in [-0.25, -0.2) is 0 Å². The maximum atomic E-state index is 5.84. The Bertz CT molecular complexity index is 558. The number of benzene rings is 2. The van der Waals surface area contributed by atoms with Gasteiger partial charge in [-0.3, -0.25) is 0 Å². The lowest BCUT2D eigenvalue weighted by Gasteiger charge is -2.08. The molecule has 2 aromatic carbocycles. The molecule has 0 N–H and O–H groups in total. The average molecular weight is 326 g/mol. The second-order valence-electron chi connectivity index (χ2n) is 6.22. The van der Waals surface area contributed by atoms with Crippen LogP contribution in [0.4, 0.5) is 0 Å². The van der Waals surface area contributed by atoms with Gasteiger partial charge < -0.3 is 9.47 Å². The fourth-order valence-electron chi connectivity index (χ4n) is 2.78. The lowest BCUT2D eigenvalue weighted by Crippen LogP contribution is -1.97. The van der Waals surface area contributed by atoms with E-state index in [0.29, 0.717) is 0 Å². The van der Waals surface area contributed by atoms with Crippen LogP contribution in [0, 0.1) is 0 Å². The second-order valence-corrected chi connectivity index (χ2v) is 6.22. The van der Waals surface area contributed by atoms with E-state index in [1.54, 1.807) is 7.11 Å². The van der Waals surface area contributed by atoms with Gasteiger partial charge in [0.15, 0.2) is 0 Å². The highest BCUT2D eigenvalue weighted by Crippen LogP contribution is 2.24. The van der Waals surface area contributed by atoms with Crippen LogP contribution in [-0.4, -0.2) is 13.7 Å². The van der Waals surface area contributed by atoms with E-state index in [1.807, 2.05) is 12.1 Å². The molecule has 2 heteroatoms. The first-order chi connectivity index (χ1) is 11.8. The molecule has 0 spiro atoms. The zero-order chi connectivity index (χ0) is 17.0. The van der Waals surface area contributed by atoms with Gasteiger partial charge in [0.05, 0.1) is 13.7 Å². The fourth-order valence-corrected chi connectivity index (χ4v) is 2.78. The van der Waals surface area contributed by atoms with E-state index in [-0.39, 0.29) is 0 Å². The molecular formula is C22H30O2. The van der Waals surface area contributed by atoms with Gasteiger partial charge in [-0.15, -0.1) is 0 Å². The first-order valence-corrected chi connectivity index (χ1v) is 9.21. The molecule has 0 saturated carbocycles. The first-order valence-electron chi connectivity index (χ1n) is 9.21. The number of ether oxygens (including phenoxy) is 2. The standard InChI is InChI=1S/C22H30O2/c1-3-4-5-6-7-8-9-18-24-22-16-12-20(13-17-22)19-10-14-21(23-2)15-11-19/h10-17H,3-9,18H2,1-2H3. The fraction of sp³-hybridized carbons (Fsp3) is 0.455. The van der Waals surface area contributed by atoms with Crippen molar-refractivity contribution in [1.29, 1.82) is 0 Å². The Morgan fingerprint density at radius 2 is 1.12 bits per heavy atom. The Labute approximate surface area is 146 Å². The molecule has 0 aliphatic carbocycles. The summed E-state index contributed by atoms with van der Waals surface area (Å²) in [5, 5.41) is 0. The van der Waals surface area contributed by atoms with Gasteiger partial charge in [-0.1, -0.05) is 69.7 Å². The minimum absolute atomic E-state index is 0.815. The van der Waals surface area contributed by atoms with Crippen molar-refractivity contribution in [2.24, 2.45) is 0 Å². The molecule has 130 valence electrons. The monoisotopic (exact) mass is 326 g/mol. The first kappa shape index (κ1) is 18.4. The minimum atomic E-state index is 0.815. The number of unbranched alkanes of at least 4 members (excludes halogenated alkanes) is 6. The van der Waals surface area contributed by atoms with E-state index in [2.05, 4.69) is 43.3 Å². The molecular weight excluding hydrogens is 296 g/mol. The van der Waals surface area contributed by atoms with E-state index < -0.39 is 0 Å². The molecule has 2 aromatic rings. The molecule has 2 nitrogen and oxygen atoms in total. The SMILES string of the molecule is CCCCCCCCCOc1ccc(-c2ccc(OC)cc2)cc1. The van der Waals surface area contributed by atoms with Crippen LogP contribution in [0.5, 0.6) is 11.5 Å². The molecule has 0 saturated heterocycles. The maximum absolute atomic E-state index is 5.84. The molecule has 0 amide bonds. The van der Waals surface area contributed by atoms with Crippen molar-refractivity contribution in [1.82, 2.24) is 0 Å². The van der Waals surface area contributed by atoms with E-state index >= 15 is 0 Å². The third-order valence-electron chi connectivity index (χ3n) is 4.29. The van der Waals surface area contributed by atoms with Gasteiger partial charge in [0.1, 0.15) is 11.5 Å². The molecule has 0 radical (unpaired) electrons. The quantitative estimate of drug-likeness (QED) is 0.439. The van der Waals surface area contributed by atoms with Crippen LogP contribution in [0.3, 0.4) is 0 Å². The largest absolute Gasteiger partial charge is 0.497 e. The number of methoxy groups -OCH3 is 1. The van der Waals surface area contributed by atoms with Gasteiger partial charge in [0, 0.05) is 0 Å². The summed E-state index contributed by atoms with van der Waals surface area (Å²) in [4.78, 5) is 0. The minimum Gasteiger partial charge on any atom is -0.497 e. The maximum Gasteiger partial charge on any atom is 0.119 e. The zero-order valence-corrected chi connectivity index (χ0v) is 15.1. The number of hydrogen-bond donors (Lipinski definition) is 0. The molecule has 0 fully saturated rings. The van der Waals surface area contributed by atoms with Gasteiger partial charge in [0.25, 0.3) is 0 Å². The van der Waals surface area contributed by atoms with Gasteiger partial charge in [-0.2, -0.15) is 0 Å². The van der Waals surface area contributed by atoms with E-state index in [1.165, 1.54) is 49.7 Å². The number of rotatable bonds is 11. The summed E-state index contributed by atoms with van der Waals surface area (Å²) in [6, 6.07) is 16.5. The predicted octanol–water partition coefficient (Wildman–Crippen LogP) is 6.49. The number of hydrogen-bond acceptors (Lipinski definition) is 2. The summed E-state index contributed by atoms with van der Waals surface area (Å²) in [7, 11) is 1.69. The summed E-state index contributed by atoms with van der Waals surface area (Å²) >= 11 is 0. The molecule has 0 aliphatic heterocycles. The molecule has 0 atom stereocenters. The average Bonchev–Trinajstić information content (AvgIpc) is 2.64. The van der Waals surface area contributed by atoms with Crippen molar-refractivity contribution in [2.45, 2.75) is 51.9 Å². The normalized spacial score (nSPS) is 10.6. The third-order valence-corrected chi connectivity index (χ3v) is 4.29. The van der Waals surface area contributed by atoms with Crippen LogP contribution in [0.15, 0.2) is 48.5 Å². The van der Waals surface area contributed by atoms with Crippen LogP contribution in [0.1, 0.15) is 51.9 Å². The lowest BCUT2D eigenvalue weighted by atomic mass is 10.1. The Morgan fingerprint density at radius 1 is 0.625 bits per heavy atom. The molecule has 0 unspecified atom stereocenters. The highest BCUT2D eigenvalue weighted by molar-refractivity contribution is 5.64. The van der Waals surface area contributed by atoms with Crippen molar-refractivity contribution in [3.63, 3.8) is 0 Å². The molecule has 0 bridgehead atoms. The van der Waals surface area contributed by atoms with Crippen LogP contribution in [0.25, 0.3) is 11.1 Å². The van der Waals surface area contributed by atoms with Gasteiger partial charge in [-0.05, 0) is 41.8 Å². The highest BCUT2D eigenvalue weighted by Gasteiger charge is 2.00. The van der Waals surface area contributed by atoms with Crippen molar-refractivity contribution >= 4 is 0 Å². The third kappa shape index (κ3) is 6.27. The van der Waals surface area contributed by atoms with Crippen molar-refractivity contribution < 1.29 is 9.47 Å². The summed E-state index contributed by atoms with van der Waals surface area (Å²) < 4.78 is 11.0. The van der Waals surface area contributed by atoms with Crippen molar-refractivity contribution in [2.75, 3.05) is 13.7 Å². The summed E-state index contributed by atoms with van der Waals surface area (Å²) in [5.41, 5.74) is 2.38.